The van der Waals surface area contributed by atoms with E-state index in [9.17, 15) is 19.2 Å². The van der Waals surface area contributed by atoms with Crippen molar-refractivity contribution in [3.63, 3.8) is 0 Å². The van der Waals surface area contributed by atoms with Gasteiger partial charge in [-0.25, -0.2) is 4.79 Å². The van der Waals surface area contributed by atoms with Gasteiger partial charge >= 0.3 is 5.69 Å². The van der Waals surface area contributed by atoms with Gasteiger partial charge < -0.3 is 25.5 Å². The Balaban J connectivity index is 1.63. The van der Waals surface area contributed by atoms with Crippen molar-refractivity contribution in [2.75, 3.05) is 26.0 Å². The van der Waals surface area contributed by atoms with Gasteiger partial charge in [0.1, 0.15) is 0 Å². The van der Waals surface area contributed by atoms with Crippen molar-refractivity contribution in [2.24, 2.45) is 0 Å². The molecule has 1 aromatic heterocycles. The van der Waals surface area contributed by atoms with Gasteiger partial charge in [-0.15, -0.1) is 0 Å². The summed E-state index contributed by atoms with van der Waals surface area (Å²) in [5.74, 6) is -0.631. The molecule has 4 N–H and O–H groups in total. The molecule has 1 saturated heterocycles. The summed E-state index contributed by atoms with van der Waals surface area (Å²) in [7, 11) is 3.35. The average molecular weight is 465 g/mol. The first-order valence-electron chi connectivity index (χ1n) is 11.0. The molecule has 178 valence electrons. The van der Waals surface area contributed by atoms with Gasteiger partial charge in [0.25, 0.3) is 0 Å². The van der Waals surface area contributed by atoms with Crippen LogP contribution in [0.1, 0.15) is 24.9 Å². The summed E-state index contributed by atoms with van der Waals surface area (Å²) in [5, 5.41) is 5.83. The van der Waals surface area contributed by atoms with Crippen LogP contribution < -0.4 is 16.3 Å². The topological polar surface area (TPSA) is 130 Å². The quantitative estimate of drug-likeness (QED) is 0.436. The zero-order valence-corrected chi connectivity index (χ0v) is 19.3. The lowest BCUT2D eigenvalue weighted by molar-refractivity contribution is -0.134. The Kier molecular flexibility index (Phi) is 6.51. The molecule has 1 aliphatic heterocycles. The van der Waals surface area contributed by atoms with Crippen molar-refractivity contribution in [2.45, 2.75) is 31.5 Å². The van der Waals surface area contributed by atoms with Crippen molar-refractivity contribution in [1.82, 2.24) is 25.1 Å². The number of hydrogen-bond acceptors (Lipinski definition) is 5. The smallest absolute Gasteiger partial charge is 0.323 e. The number of aromatic amines is 2. The number of nitrogens with one attached hydrogen (secondary N) is 4. The molecule has 10 nitrogen and oxygen atoms in total. The summed E-state index contributed by atoms with van der Waals surface area (Å²) >= 11 is 0. The molecule has 2 aromatic carbocycles. The Morgan fingerprint density at radius 2 is 1.76 bits per heavy atom. The van der Waals surface area contributed by atoms with Gasteiger partial charge in [0.2, 0.25) is 17.7 Å². The molecule has 1 aliphatic rings. The van der Waals surface area contributed by atoms with Crippen LogP contribution in [0.2, 0.25) is 0 Å². The van der Waals surface area contributed by atoms with E-state index in [1.165, 1.54) is 11.8 Å². The lowest BCUT2D eigenvalue weighted by atomic mass is 9.99. The molecule has 0 radical (unpaired) electrons. The number of anilines is 1. The Morgan fingerprint density at radius 1 is 1.06 bits per heavy atom. The number of aromatic nitrogens is 2. The van der Waals surface area contributed by atoms with Gasteiger partial charge in [0, 0.05) is 26.7 Å². The molecule has 34 heavy (non-hydrogen) atoms. The van der Waals surface area contributed by atoms with E-state index in [1.54, 1.807) is 32.3 Å². The van der Waals surface area contributed by atoms with Crippen LogP contribution in [0.4, 0.5) is 5.69 Å². The average Bonchev–Trinajstić information content (AvgIpc) is 3.32. The van der Waals surface area contributed by atoms with E-state index in [2.05, 4.69) is 20.6 Å². The van der Waals surface area contributed by atoms with Crippen molar-refractivity contribution in [3.8, 4) is 0 Å². The predicted molar refractivity (Wildman–Crippen MR) is 128 cm³/mol. The summed E-state index contributed by atoms with van der Waals surface area (Å²) < 4.78 is 0. The molecule has 3 aromatic rings. The van der Waals surface area contributed by atoms with Crippen LogP contribution in [0.25, 0.3) is 11.0 Å². The normalized spacial score (nSPS) is 20.3. The van der Waals surface area contributed by atoms with Crippen LogP contribution in [0.3, 0.4) is 0 Å². The number of fused-ring (bicyclic) bond motifs is 1. The minimum atomic E-state index is -0.577. The molecule has 0 unspecified atom stereocenters. The second kappa shape index (κ2) is 9.52. The second-order valence-corrected chi connectivity index (χ2v) is 8.71. The second-order valence-electron chi connectivity index (χ2n) is 8.71. The Bertz CT molecular complexity index is 1270. The van der Waals surface area contributed by atoms with Crippen molar-refractivity contribution in [1.29, 1.82) is 0 Å². The fourth-order valence-electron chi connectivity index (χ4n) is 4.63. The molecule has 0 spiro atoms. The minimum absolute atomic E-state index is 0.0540. The first-order valence-corrected chi connectivity index (χ1v) is 11.0. The molecule has 0 saturated carbocycles. The maximum Gasteiger partial charge on any atom is 0.323 e. The zero-order valence-electron chi connectivity index (χ0n) is 19.3. The fraction of sp³-hybridized carbons (Fsp3) is 0.333. The van der Waals surface area contributed by atoms with Gasteiger partial charge in [-0.05, 0) is 30.2 Å². The number of likely N-dealkylation sites (N-methyl/N-ethyl adjacent to an activating group) is 1. The molecule has 3 amide bonds. The number of hydrogen-bond donors (Lipinski definition) is 4. The molecule has 10 heteroatoms. The van der Waals surface area contributed by atoms with E-state index in [1.807, 2.05) is 35.2 Å². The first-order chi connectivity index (χ1) is 16.2. The monoisotopic (exact) mass is 464 g/mol. The highest BCUT2D eigenvalue weighted by molar-refractivity contribution is 5.95. The Hall–Kier alpha value is -3.92. The first kappa shape index (κ1) is 23.2. The van der Waals surface area contributed by atoms with Crippen molar-refractivity contribution >= 4 is 34.4 Å². The minimum Gasteiger partial charge on any atom is -0.352 e. The number of rotatable bonds is 6. The van der Waals surface area contributed by atoms with E-state index in [-0.39, 0.29) is 42.0 Å². The van der Waals surface area contributed by atoms with Gasteiger partial charge in [0.05, 0.1) is 35.7 Å². The van der Waals surface area contributed by atoms with E-state index in [0.717, 1.165) is 5.56 Å². The van der Waals surface area contributed by atoms with E-state index in [0.29, 0.717) is 23.1 Å². The third kappa shape index (κ3) is 4.86. The van der Waals surface area contributed by atoms with Gasteiger partial charge in [-0.1, -0.05) is 30.3 Å². The summed E-state index contributed by atoms with van der Waals surface area (Å²) in [6.07, 6.45) is 0.389. The number of nitrogens with zero attached hydrogens (tertiary/aromatic N) is 2. The Morgan fingerprint density at radius 3 is 2.44 bits per heavy atom. The molecule has 0 bridgehead atoms. The van der Waals surface area contributed by atoms with E-state index in [4.69, 9.17) is 0 Å². The van der Waals surface area contributed by atoms with Crippen molar-refractivity contribution < 1.29 is 14.4 Å². The number of amides is 3. The highest BCUT2D eigenvalue weighted by Crippen LogP contribution is 2.37. The van der Waals surface area contributed by atoms with Crippen molar-refractivity contribution in [3.05, 3.63) is 64.6 Å². The molecule has 4 rings (SSSR count). The number of imidazole rings is 1. The van der Waals surface area contributed by atoms with Gasteiger partial charge in [0.15, 0.2) is 0 Å². The third-order valence-corrected chi connectivity index (χ3v) is 6.00. The highest BCUT2D eigenvalue weighted by Gasteiger charge is 2.46. The number of H-pyrrole nitrogens is 2. The van der Waals surface area contributed by atoms with E-state index >= 15 is 0 Å². The molecular formula is C24H28N6O4. The SMILES string of the molecule is CC(=O)N[C@H]1C[C@@H](C(=O)N(C)C)N(CC(=O)Nc2ccc3[nH]c(=O)[nH]c3c2)[C@H]1c1ccccc1. The van der Waals surface area contributed by atoms with Gasteiger partial charge in [-0.3, -0.25) is 19.3 Å². The zero-order chi connectivity index (χ0) is 24.4. The molecule has 2 heterocycles. The summed E-state index contributed by atoms with van der Waals surface area (Å²) in [5.41, 5.74) is 2.33. The Labute approximate surface area is 196 Å². The molecular weight excluding hydrogens is 436 g/mol. The van der Waals surface area contributed by atoms with Crippen LogP contribution in [0.15, 0.2) is 53.3 Å². The third-order valence-electron chi connectivity index (χ3n) is 6.00. The lowest BCUT2D eigenvalue weighted by Crippen LogP contribution is -2.46. The lowest BCUT2D eigenvalue weighted by Gasteiger charge is -2.31. The van der Waals surface area contributed by atoms with Crippen LogP contribution >= 0.6 is 0 Å². The maximum atomic E-state index is 13.1. The van der Waals surface area contributed by atoms with Gasteiger partial charge in [-0.2, -0.15) is 0 Å². The predicted octanol–water partition coefficient (Wildman–Crippen LogP) is 1.20. The molecule has 3 atom stereocenters. The molecule has 0 aliphatic carbocycles. The van der Waals surface area contributed by atoms with Crippen LogP contribution in [-0.2, 0) is 14.4 Å². The summed E-state index contributed by atoms with van der Waals surface area (Å²) in [6.45, 7) is 1.39. The van der Waals surface area contributed by atoms with Crippen LogP contribution in [-0.4, -0.2) is 70.2 Å². The van der Waals surface area contributed by atoms with E-state index < -0.39 is 6.04 Å². The highest BCUT2D eigenvalue weighted by atomic mass is 16.2. The summed E-state index contributed by atoms with van der Waals surface area (Å²) in [4.78, 5) is 58.3. The fourth-order valence-corrected chi connectivity index (χ4v) is 4.63. The summed E-state index contributed by atoms with van der Waals surface area (Å²) in [6, 6.07) is 13.4. The standard InChI is InChI=1S/C24H28N6O4/c1-14(31)25-19-12-20(23(33)29(2)3)30(22(19)15-7-5-4-6-8-15)13-21(32)26-16-9-10-17-18(11-16)28-24(34)27-17/h4-11,19-20,22H,12-13H2,1-3H3,(H,25,31)(H,26,32)(H2,27,28,34)/t19-,20-,22-/m0/s1. The largest absolute Gasteiger partial charge is 0.352 e. The number of benzene rings is 2. The van der Waals surface area contributed by atoms with Crippen LogP contribution in [0.5, 0.6) is 0 Å². The number of likely N-dealkylation sites (tertiary alicyclic amines) is 1. The molecule has 1 fully saturated rings. The number of carbonyl (C=O) groups excluding carboxylic acids is 3. The maximum absolute atomic E-state index is 13.1. The number of carbonyl (C=O) groups is 3. The van der Waals surface area contributed by atoms with Crippen LogP contribution in [0, 0.1) is 0 Å².